The summed E-state index contributed by atoms with van der Waals surface area (Å²) in [5, 5.41) is 11.8. The zero-order valence-corrected chi connectivity index (χ0v) is 17.7. The lowest BCUT2D eigenvalue weighted by Crippen LogP contribution is -2.52. The van der Waals surface area contributed by atoms with Gasteiger partial charge in [-0.25, -0.2) is 0 Å². The molecule has 0 unspecified atom stereocenters. The molecule has 1 atom stereocenters. The maximum atomic E-state index is 12.6. The van der Waals surface area contributed by atoms with Gasteiger partial charge in [0, 0.05) is 25.6 Å². The number of carbonyl (C=O) groups excluding carboxylic acids is 2. The van der Waals surface area contributed by atoms with Crippen LogP contribution in [0.3, 0.4) is 0 Å². The molecule has 7 heteroatoms. The summed E-state index contributed by atoms with van der Waals surface area (Å²) in [6, 6.07) is 7.13. The molecule has 3 rings (SSSR count). The highest BCUT2D eigenvalue weighted by Gasteiger charge is 2.35. The van der Waals surface area contributed by atoms with Crippen LogP contribution in [0.25, 0.3) is 0 Å². The average molecular weight is 416 g/mol. The summed E-state index contributed by atoms with van der Waals surface area (Å²) in [6.07, 6.45) is 6.43. The zero-order chi connectivity index (χ0) is 21.7. The van der Waals surface area contributed by atoms with Crippen LogP contribution in [0.4, 0.5) is 0 Å². The molecule has 7 nitrogen and oxygen atoms in total. The van der Waals surface area contributed by atoms with Gasteiger partial charge in [0.05, 0.1) is 12.5 Å². The average Bonchev–Trinajstić information content (AvgIpc) is 2.70. The van der Waals surface area contributed by atoms with Crippen LogP contribution >= 0.6 is 0 Å². The number of carboxylic acid groups (broad SMARTS) is 1. The first kappa shape index (κ1) is 22.3. The summed E-state index contributed by atoms with van der Waals surface area (Å²) in [7, 11) is 1.86. The summed E-state index contributed by atoms with van der Waals surface area (Å²) in [5.74, 6) is -0.679. The number of aliphatic carboxylic acids is 1. The third-order valence-electron chi connectivity index (χ3n) is 6.75. The Hall–Kier alpha value is -2.41. The summed E-state index contributed by atoms with van der Waals surface area (Å²) < 4.78 is 0. The van der Waals surface area contributed by atoms with Gasteiger partial charge in [-0.15, -0.1) is 0 Å². The van der Waals surface area contributed by atoms with Gasteiger partial charge in [-0.2, -0.15) is 0 Å². The molecule has 1 aromatic carbocycles. The van der Waals surface area contributed by atoms with Crippen molar-refractivity contribution in [2.75, 3.05) is 7.05 Å². The number of likely N-dealkylation sites (N-methyl/N-ethyl adjacent to an activating group) is 1. The predicted octanol–water partition coefficient (Wildman–Crippen LogP) is 2.07. The van der Waals surface area contributed by atoms with E-state index in [0.717, 1.165) is 49.7 Å². The Morgan fingerprint density at radius 1 is 1.07 bits per heavy atom. The fourth-order valence-corrected chi connectivity index (χ4v) is 4.41. The number of nitrogens with one attached hydrogen (secondary N) is 1. The van der Waals surface area contributed by atoms with Crippen molar-refractivity contribution < 1.29 is 19.5 Å². The lowest BCUT2D eigenvalue weighted by atomic mass is 9.77. The summed E-state index contributed by atoms with van der Waals surface area (Å²) in [6.45, 7) is 0.427. The third-order valence-corrected chi connectivity index (χ3v) is 6.75. The largest absolute Gasteiger partial charge is 0.481 e. The molecular weight excluding hydrogens is 382 g/mol. The summed E-state index contributed by atoms with van der Waals surface area (Å²) in [4.78, 5) is 37.7. The molecule has 4 N–H and O–H groups in total. The van der Waals surface area contributed by atoms with Crippen molar-refractivity contribution in [1.82, 2.24) is 10.2 Å². The minimum Gasteiger partial charge on any atom is -0.481 e. The Balaban J connectivity index is 1.41. The lowest BCUT2D eigenvalue weighted by Gasteiger charge is -2.38. The van der Waals surface area contributed by atoms with Gasteiger partial charge in [0.15, 0.2) is 0 Å². The van der Waals surface area contributed by atoms with Crippen LogP contribution in [0.15, 0.2) is 24.3 Å². The Bertz CT molecular complexity index is 752. The van der Waals surface area contributed by atoms with E-state index in [4.69, 9.17) is 10.8 Å². The fourth-order valence-electron chi connectivity index (χ4n) is 4.41. The van der Waals surface area contributed by atoms with E-state index < -0.39 is 12.0 Å². The molecule has 0 bridgehead atoms. The number of carboxylic acids is 1. The molecule has 0 heterocycles. The van der Waals surface area contributed by atoms with E-state index in [2.05, 4.69) is 5.32 Å². The van der Waals surface area contributed by atoms with Crippen molar-refractivity contribution in [3.05, 3.63) is 35.4 Å². The molecule has 0 aliphatic heterocycles. The zero-order valence-electron chi connectivity index (χ0n) is 17.7. The number of rotatable bonds is 8. The Morgan fingerprint density at radius 2 is 1.67 bits per heavy atom. The molecule has 2 aliphatic carbocycles. The highest BCUT2D eigenvalue weighted by Crippen LogP contribution is 2.32. The first-order valence-electron chi connectivity index (χ1n) is 10.9. The second kappa shape index (κ2) is 10.1. The van der Waals surface area contributed by atoms with E-state index in [1.165, 1.54) is 6.42 Å². The van der Waals surface area contributed by atoms with E-state index in [1.807, 2.05) is 24.1 Å². The standard InChI is InChI=1S/C23H33N3O4/c1-26(19-3-2-4-19)23(30)21(24)17-9-11-18(12-10-17)22(29)25-14-16-7-5-15(6-8-16)13-20(27)28/h5-8,17-19,21H,2-4,9-14,24H2,1H3,(H,25,29)(H,27,28)/t17?,18?,21-/m0/s1. The van der Waals surface area contributed by atoms with E-state index in [1.54, 1.807) is 12.1 Å². The van der Waals surface area contributed by atoms with Crippen molar-refractivity contribution >= 4 is 17.8 Å². The Labute approximate surface area is 178 Å². The van der Waals surface area contributed by atoms with E-state index >= 15 is 0 Å². The molecule has 0 aromatic heterocycles. The van der Waals surface area contributed by atoms with Crippen LogP contribution in [0.2, 0.25) is 0 Å². The van der Waals surface area contributed by atoms with Gasteiger partial charge in [0.25, 0.3) is 0 Å². The van der Waals surface area contributed by atoms with Gasteiger partial charge in [-0.3, -0.25) is 14.4 Å². The van der Waals surface area contributed by atoms with Gasteiger partial charge < -0.3 is 21.1 Å². The molecular formula is C23H33N3O4. The van der Waals surface area contributed by atoms with E-state index in [-0.39, 0.29) is 30.1 Å². The van der Waals surface area contributed by atoms with Gasteiger partial charge in [0.1, 0.15) is 0 Å². The summed E-state index contributed by atoms with van der Waals surface area (Å²) >= 11 is 0. The Morgan fingerprint density at radius 3 is 2.20 bits per heavy atom. The lowest BCUT2D eigenvalue weighted by molar-refractivity contribution is -0.137. The smallest absolute Gasteiger partial charge is 0.307 e. The van der Waals surface area contributed by atoms with Crippen LogP contribution in [-0.2, 0) is 27.3 Å². The molecule has 1 aromatic rings. The number of benzene rings is 1. The quantitative estimate of drug-likeness (QED) is 0.602. The molecule has 2 amide bonds. The fraction of sp³-hybridized carbons (Fsp3) is 0.609. The molecule has 0 spiro atoms. The van der Waals surface area contributed by atoms with Gasteiger partial charge in [-0.1, -0.05) is 24.3 Å². The Kier molecular flexibility index (Phi) is 7.48. The normalized spacial score (nSPS) is 22.6. The van der Waals surface area contributed by atoms with Crippen molar-refractivity contribution in [3.63, 3.8) is 0 Å². The minimum absolute atomic E-state index is 0.00301. The maximum absolute atomic E-state index is 12.6. The van der Waals surface area contributed by atoms with Crippen molar-refractivity contribution in [1.29, 1.82) is 0 Å². The number of amides is 2. The number of nitrogens with zero attached hydrogens (tertiary/aromatic N) is 1. The molecule has 2 fully saturated rings. The molecule has 2 saturated carbocycles. The number of hydrogen-bond donors (Lipinski definition) is 3. The van der Waals surface area contributed by atoms with Gasteiger partial charge in [0.2, 0.25) is 11.8 Å². The third kappa shape index (κ3) is 5.59. The van der Waals surface area contributed by atoms with Crippen LogP contribution in [0.1, 0.15) is 56.1 Å². The summed E-state index contributed by atoms with van der Waals surface area (Å²) in [5.41, 5.74) is 7.96. The number of hydrogen-bond acceptors (Lipinski definition) is 4. The second-order valence-corrected chi connectivity index (χ2v) is 8.78. The topological polar surface area (TPSA) is 113 Å². The monoisotopic (exact) mass is 415 g/mol. The first-order chi connectivity index (χ1) is 14.3. The van der Waals surface area contributed by atoms with Gasteiger partial charge >= 0.3 is 5.97 Å². The molecule has 2 aliphatic rings. The van der Waals surface area contributed by atoms with Crippen LogP contribution < -0.4 is 11.1 Å². The predicted molar refractivity (Wildman–Crippen MR) is 113 cm³/mol. The van der Waals surface area contributed by atoms with Crippen LogP contribution in [-0.4, -0.2) is 46.9 Å². The SMILES string of the molecule is CN(C(=O)[C@@H](N)C1CCC(C(=O)NCc2ccc(CC(=O)O)cc2)CC1)C1CCC1. The van der Waals surface area contributed by atoms with E-state index in [0.29, 0.717) is 12.6 Å². The van der Waals surface area contributed by atoms with Gasteiger partial charge in [-0.05, 0) is 62.0 Å². The van der Waals surface area contributed by atoms with Crippen molar-refractivity contribution in [3.8, 4) is 0 Å². The highest BCUT2D eigenvalue weighted by atomic mass is 16.4. The molecule has 30 heavy (non-hydrogen) atoms. The van der Waals surface area contributed by atoms with Crippen molar-refractivity contribution in [2.24, 2.45) is 17.6 Å². The van der Waals surface area contributed by atoms with Crippen LogP contribution in [0, 0.1) is 11.8 Å². The number of carbonyl (C=O) groups is 3. The number of nitrogens with two attached hydrogens (primary N) is 1. The molecule has 0 radical (unpaired) electrons. The molecule has 0 saturated heterocycles. The minimum atomic E-state index is -0.859. The van der Waals surface area contributed by atoms with Crippen molar-refractivity contribution in [2.45, 2.75) is 70.0 Å². The van der Waals surface area contributed by atoms with Crippen LogP contribution in [0.5, 0.6) is 0 Å². The second-order valence-electron chi connectivity index (χ2n) is 8.78. The first-order valence-corrected chi connectivity index (χ1v) is 10.9. The highest BCUT2D eigenvalue weighted by molar-refractivity contribution is 5.82. The maximum Gasteiger partial charge on any atom is 0.307 e. The molecule has 164 valence electrons. The van der Waals surface area contributed by atoms with E-state index in [9.17, 15) is 14.4 Å².